The van der Waals surface area contributed by atoms with Gasteiger partial charge in [-0.3, -0.25) is 37.3 Å². The van der Waals surface area contributed by atoms with E-state index in [-0.39, 0.29) is 25.7 Å². The number of rotatable bonds is 76. The third kappa shape index (κ3) is 75.7. The third-order valence-corrected chi connectivity index (χ3v) is 18.8. The van der Waals surface area contributed by atoms with E-state index in [1.165, 1.54) is 89.9 Å². The number of unbranched alkanes of at least 4 members (excludes halogenated alkanes) is 30. The quantitative estimate of drug-likeness (QED) is 0.0169. The second kappa shape index (κ2) is 76.6. The number of phosphoric acid groups is 2. The Morgan fingerprint density at radius 2 is 0.519 bits per heavy atom. The van der Waals surface area contributed by atoms with E-state index in [0.717, 1.165) is 161 Å². The number of esters is 4. The van der Waals surface area contributed by atoms with Crippen LogP contribution in [-0.2, 0) is 65.4 Å². The standard InChI is InChI=1S/C85H146O17P2/c1-5-9-13-17-21-25-29-33-37-38-39-40-44-48-52-56-60-64-68-72-85(90)102-81(76-96-83(88)70-66-62-58-54-50-46-42-35-31-27-23-19-15-11-7-3)78-100-104(93,94)98-74-79(86)73-97-103(91,92)99-77-80(101-84(89)71-67-63-59-55-51-47-43-36-32-28-24-20-16-12-8-4)75-95-82(87)69-65-61-57-53-49-45-41-34-30-26-22-18-14-10-6-2/h9,13,21,24-28,30-31,33,36-37,39-40,43,48,52,60,64,79-81,86H,5-8,10-12,14-20,22-23,29,32,34-35,38,41-42,44-47,49-51,53-59,61-63,65-78H2,1-4H3,(H,91,92)(H,93,94)/b13-9-,25-21-,28-24-,30-26-,31-27-,37-33-,40-39-,43-36-,52-48-,64-60-/t79-,80+,81+/m0/s1. The maximum Gasteiger partial charge on any atom is 0.472 e. The lowest BCUT2D eigenvalue weighted by atomic mass is 10.1. The topological polar surface area (TPSA) is 237 Å². The van der Waals surface area contributed by atoms with Gasteiger partial charge in [0.1, 0.15) is 19.3 Å². The maximum absolute atomic E-state index is 13.1. The Bertz CT molecular complexity index is 2440. The molecular formula is C85H146O17P2. The highest BCUT2D eigenvalue weighted by Crippen LogP contribution is 2.45. The average Bonchev–Trinajstić information content (AvgIpc) is 0.943. The molecular weight excluding hydrogens is 1350 g/mol. The zero-order valence-corrected chi connectivity index (χ0v) is 67.2. The van der Waals surface area contributed by atoms with Crippen molar-refractivity contribution in [1.29, 1.82) is 0 Å². The van der Waals surface area contributed by atoms with Gasteiger partial charge < -0.3 is 33.8 Å². The van der Waals surface area contributed by atoms with E-state index in [1.807, 2.05) is 18.2 Å². The summed E-state index contributed by atoms with van der Waals surface area (Å²) >= 11 is 0. The molecule has 0 aliphatic heterocycles. The van der Waals surface area contributed by atoms with Gasteiger partial charge in [-0.1, -0.05) is 284 Å². The molecule has 104 heavy (non-hydrogen) atoms. The van der Waals surface area contributed by atoms with Crippen molar-refractivity contribution in [3.63, 3.8) is 0 Å². The van der Waals surface area contributed by atoms with Crippen LogP contribution in [0, 0.1) is 0 Å². The lowest BCUT2D eigenvalue weighted by Gasteiger charge is -2.21. The largest absolute Gasteiger partial charge is 0.472 e. The van der Waals surface area contributed by atoms with Crippen molar-refractivity contribution >= 4 is 39.5 Å². The van der Waals surface area contributed by atoms with Crippen molar-refractivity contribution in [3.8, 4) is 0 Å². The molecule has 0 aromatic carbocycles. The van der Waals surface area contributed by atoms with E-state index in [4.69, 9.17) is 37.0 Å². The van der Waals surface area contributed by atoms with E-state index in [9.17, 15) is 43.2 Å². The lowest BCUT2D eigenvalue weighted by Crippen LogP contribution is -2.30. The highest BCUT2D eigenvalue weighted by Gasteiger charge is 2.30. The molecule has 0 saturated heterocycles. The van der Waals surface area contributed by atoms with Crippen molar-refractivity contribution in [2.45, 2.75) is 354 Å². The van der Waals surface area contributed by atoms with Crippen LogP contribution in [0.15, 0.2) is 122 Å². The molecule has 0 aliphatic rings. The molecule has 0 aromatic rings. The molecule has 17 nitrogen and oxygen atoms in total. The summed E-state index contributed by atoms with van der Waals surface area (Å²) in [5.41, 5.74) is 0. The summed E-state index contributed by atoms with van der Waals surface area (Å²) in [6.45, 7) is 4.63. The average molecular weight is 1500 g/mol. The molecule has 0 aliphatic carbocycles. The van der Waals surface area contributed by atoms with Gasteiger partial charge in [0.05, 0.1) is 26.4 Å². The van der Waals surface area contributed by atoms with Crippen LogP contribution >= 0.6 is 15.6 Å². The first-order valence-corrected chi connectivity index (χ1v) is 43.8. The summed E-state index contributed by atoms with van der Waals surface area (Å²) in [6, 6.07) is 0. The van der Waals surface area contributed by atoms with Crippen molar-refractivity contribution in [2.75, 3.05) is 39.6 Å². The van der Waals surface area contributed by atoms with Crippen LogP contribution < -0.4 is 0 Å². The molecule has 3 N–H and O–H groups in total. The van der Waals surface area contributed by atoms with Gasteiger partial charge in [0.2, 0.25) is 0 Å². The predicted octanol–water partition coefficient (Wildman–Crippen LogP) is 23.9. The SMILES string of the molecule is CC/C=C\C/C=C\C/C=C\C/C=C\C/C=C\C/C=C\CCC(=O)O[C@H](COC(=O)CCCCCCCCC/C=C\CCCCCC)COP(=O)(O)OC[C@@H](O)COP(=O)(O)OC[C@@H](COC(=O)CCCCCCCCC/C=C\CCCCCC)OC(=O)CCCCCCC/C=C\C/C=C\CCCCC. The second-order valence-corrected chi connectivity index (χ2v) is 29.9. The fraction of sp³-hybridized carbons (Fsp3) is 0.718. The van der Waals surface area contributed by atoms with Crippen LogP contribution in [0.2, 0.25) is 0 Å². The fourth-order valence-electron chi connectivity index (χ4n) is 10.7. The van der Waals surface area contributed by atoms with Crippen molar-refractivity contribution < 1.29 is 80.2 Å². The van der Waals surface area contributed by atoms with E-state index in [0.29, 0.717) is 32.1 Å². The smallest absolute Gasteiger partial charge is 0.462 e. The minimum atomic E-state index is -5.00. The summed E-state index contributed by atoms with van der Waals surface area (Å²) in [5.74, 6) is -2.29. The van der Waals surface area contributed by atoms with Crippen LogP contribution in [0.5, 0.6) is 0 Å². The highest BCUT2D eigenvalue weighted by molar-refractivity contribution is 7.47. The van der Waals surface area contributed by atoms with Crippen molar-refractivity contribution in [2.24, 2.45) is 0 Å². The Morgan fingerprint density at radius 1 is 0.279 bits per heavy atom. The van der Waals surface area contributed by atoms with Crippen LogP contribution in [0.4, 0.5) is 0 Å². The summed E-state index contributed by atoms with van der Waals surface area (Å²) in [5, 5.41) is 10.6. The predicted molar refractivity (Wildman–Crippen MR) is 427 cm³/mol. The number of hydrogen-bond acceptors (Lipinski definition) is 15. The number of aliphatic hydroxyl groups is 1. The Hall–Kier alpha value is -4.54. The number of hydrogen-bond donors (Lipinski definition) is 3. The first kappa shape index (κ1) is 99.5. The molecule has 0 amide bonds. The lowest BCUT2D eigenvalue weighted by molar-refractivity contribution is -0.161. The molecule has 5 atom stereocenters. The Kier molecular flexibility index (Phi) is 73.3. The van der Waals surface area contributed by atoms with Gasteiger partial charge in [-0.25, -0.2) is 9.13 Å². The minimum absolute atomic E-state index is 0.0327. The summed E-state index contributed by atoms with van der Waals surface area (Å²) in [7, 11) is -9.99. The molecule has 0 spiro atoms. The number of aliphatic hydroxyl groups excluding tert-OH is 1. The van der Waals surface area contributed by atoms with Crippen molar-refractivity contribution in [3.05, 3.63) is 122 Å². The number of ether oxygens (including phenoxy) is 4. The molecule has 0 heterocycles. The Labute approximate surface area is 632 Å². The molecule has 0 bridgehead atoms. The molecule has 0 saturated carbocycles. The van der Waals surface area contributed by atoms with E-state index in [2.05, 4.69) is 131 Å². The van der Waals surface area contributed by atoms with Crippen LogP contribution in [0.3, 0.4) is 0 Å². The molecule has 0 radical (unpaired) electrons. The summed E-state index contributed by atoms with van der Waals surface area (Å²) in [4.78, 5) is 73.0. The fourth-order valence-corrected chi connectivity index (χ4v) is 12.3. The Morgan fingerprint density at radius 3 is 0.856 bits per heavy atom. The molecule has 0 rings (SSSR count). The monoisotopic (exact) mass is 1500 g/mol. The molecule has 598 valence electrons. The normalized spacial score (nSPS) is 14.5. The van der Waals surface area contributed by atoms with E-state index in [1.54, 1.807) is 0 Å². The van der Waals surface area contributed by atoms with Gasteiger partial charge in [0.25, 0.3) is 0 Å². The first-order chi connectivity index (χ1) is 50.7. The van der Waals surface area contributed by atoms with E-state index < -0.39 is 97.5 Å². The number of phosphoric ester groups is 2. The van der Waals surface area contributed by atoms with Gasteiger partial charge >= 0.3 is 39.5 Å². The molecule has 0 fully saturated rings. The number of carbonyl (C=O) groups is 4. The van der Waals surface area contributed by atoms with Crippen LogP contribution in [0.1, 0.15) is 336 Å². The number of carbonyl (C=O) groups excluding carboxylic acids is 4. The molecule has 0 aromatic heterocycles. The van der Waals surface area contributed by atoms with Crippen LogP contribution in [-0.4, -0.2) is 96.7 Å². The molecule has 2 unspecified atom stereocenters. The summed E-state index contributed by atoms with van der Waals surface area (Å²) in [6.07, 6.45) is 84.7. The van der Waals surface area contributed by atoms with Gasteiger partial charge in [0, 0.05) is 25.7 Å². The van der Waals surface area contributed by atoms with Crippen molar-refractivity contribution in [1.82, 2.24) is 0 Å². The first-order valence-electron chi connectivity index (χ1n) is 40.8. The summed E-state index contributed by atoms with van der Waals surface area (Å²) < 4.78 is 68.6. The van der Waals surface area contributed by atoms with Gasteiger partial charge in [-0.15, -0.1) is 0 Å². The minimum Gasteiger partial charge on any atom is -0.462 e. The van der Waals surface area contributed by atoms with Gasteiger partial charge in [-0.2, -0.15) is 0 Å². The zero-order valence-electron chi connectivity index (χ0n) is 65.4. The number of allylic oxidation sites excluding steroid dienone is 20. The van der Waals surface area contributed by atoms with Gasteiger partial charge in [0.15, 0.2) is 12.2 Å². The van der Waals surface area contributed by atoms with Crippen LogP contribution in [0.25, 0.3) is 0 Å². The Balaban J connectivity index is 5.45. The zero-order chi connectivity index (χ0) is 76.0. The second-order valence-electron chi connectivity index (χ2n) is 27.0. The van der Waals surface area contributed by atoms with Gasteiger partial charge in [-0.05, 0) is 148 Å². The van der Waals surface area contributed by atoms with E-state index >= 15 is 0 Å². The maximum atomic E-state index is 13.1. The third-order valence-electron chi connectivity index (χ3n) is 16.9. The highest BCUT2D eigenvalue weighted by atomic mass is 31.2. The molecule has 19 heteroatoms.